The van der Waals surface area contributed by atoms with Crippen molar-refractivity contribution in [2.45, 2.75) is 52.5 Å². The summed E-state index contributed by atoms with van der Waals surface area (Å²) >= 11 is 0. The molecule has 0 radical (unpaired) electrons. The second-order valence-electron chi connectivity index (χ2n) is 7.10. The molecule has 0 aliphatic carbocycles. The maximum atomic E-state index is 13.4. The number of hydrogen-bond donors (Lipinski definition) is 1. The summed E-state index contributed by atoms with van der Waals surface area (Å²) in [6, 6.07) is 5.74. The zero-order chi connectivity index (χ0) is 20.1. The van der Waals surface area contributed by atoms with E-state index in [0.717, 1.165) is 37.8 Å². The molecule has 1 N–H and O–H groups in total. The third kappa shape index (κ3) is 4.24. The highest BCUT2D eigenvalue weighted by molar-refractivity contribution is 6.03. The topological polar surface area (TPSA) is 67.2 Å². The quantitative estimate of drug-likeness (QED) is 0.785. The van der Waals surface area contributed by atoms with Crippen molar-refractivity contribution in [3.8, 4) is 0 Å². The normalized spacial score (nSPS) is 13.1. The van der Waals surface area contributed by atoms with E-state index in [1.165, 1.54) is 18.2 Å². The van der Waals surface area contributed by atoms with Crippen molar-refractivity contribution >= 4 is 17.5 Å². The zero-order valence-electron chi connectivity index (χ0n) is 16.5. The molecule has 0 atom stereocenters. The SMILES string of the molecule is CCCN(CCC)C(=O)c1nc(C(=O)Nc2cccc(F)c2)n2c1CCCC2. The van der Waals surface area contributed by atoms with Crippen LogP contribution >= 0.6 is 0 Å². The molecule has 0 bridgehead atoms. The van der Waals surface area contributed by atoms with Gasteiger partial charge < -0.3 is 14.8 Å². The molecular weight excluding hydrogens is 359 g/mol. The lowest BCUT2D eigenvalue weighted by Gasteiger charge is -2.22. The fourth-order valence-corrected chi connectivity index (χ4v) is 3.65. The lowest BCUT2D eigenvalue weighted by Crippen LogP contribution is -2.33. The first kappa shape index (κ1) is 20.0. The second-order valence-corrected chi connectivity index (χ2v) is 7.10. The molecule has 0 spiro atoms. The standard InChI is InChI=1S/C21H27FN4O2/c1-3-11-25(12-4-2)21(28)18-17-10-5-6-13-26(17)19(24-18)20(27)23-16-9-7-8-15(22)14-16/h7-9,14H,3-6,10-13H2,1-2H3,(H,23,27). The molecule has 0 saturated heterocycles. The van der Waals surface area contributed by atoms with Crippen LogP contribution in [0.25, 0.3) is 0 Å². The van der Waals surface area contributed by atoms with Gasteiger partial charge in [-0.1, -0.05) is 19.9 Å². The monoisotopic (exact) mass is 386 g/mol. The number of imidazole rings is 1. The average Bonchev–Trinajstić information content (AvgIpc) is 3.07. The van der Waals surface area contributed by atoms with E-state index in [-0.39, 0.29) is 11.7 Å². The van der Waals surface area contributed by atoms with Crippen molar-refractivity contribution in [3.63, 3.8) is 0 Å². The fourth-order valence-electron chi connectivity index (χ4n) is 3.65. The molecule has 150 valence electrons. The largest absolute Gasteiger partial charge is 0.337 e. The Morgan fingerprint density at radius 1 is 1.21 bits per heavy atom. The van der Waals surface area contributed by atoms with Crippen LogP contribution in [0, 0.1) is 5.82 Å². The Balaban J connectivity index is 1.92. The minimum absolute atomic E-state index is 0.112. The van der Waals surface area contributed by atoms with Crippen molar-refractivity contribution in [2.75, 3.05) is 18.4 Å². The Bertz CT molecular complexity index is 856. The van der Waals surface area contributed by atoms with E-state index in [0.29, 0.717) is 31.0 Å². The van der Waals surface area contributed by atoms with Crippen LogP contribution in [0.4, 0.5) is 10.1 Å². The lowest BCUT2D eigenvalue weighted by molar-refractivity contribution is 0.0748. The number of anilines is 1. The third-order valence-corrected chi connectivity index (χ3v) is 4.88. The molecule has 1 aliphatic heterocycles. The van der Waals surface area contributed by atoms with E-state index in [1.54, 1.807) is 6.07 Å². The van der Waals surface area contributed by atoms with Gasteiger partial charge in [-0.2, -0.15) is 0 Å². The molecule has 0 saturated carbocycles. The van der Waals surface area contributed by atoms with Crippen LogP contribution in [-0.2, 0) is 13.0 Å². The highest BCUT2D eigenvalue weighted by Gasteiger charge is 2.29. The van der Waals surface area contributed by atoms with Crippen LogP contribution < -0.4 is 5.32 Å². The van der Waals surface area contributed by atoms with Gasteiger partial charge in [0.2, 0.25) is 0 Å². The Kier molecular flexibility index (Phi) is 6.44. The summed E-state index contributed by atoms with van der Waals surface area (Å²) in [4.78, 5) is 32.2. The predicted molar refractivity (Wildman–Crippen MR) is 106 cm³/mol. The second kappa shape index (κ2) is 8.99. The first-order chi connectivity index (χ1) is 13.5. The number of aromatic nitrogens is 2. The summed E-state index contributed by atoms with van der Waals surface area (Å²) in [6.07, 6.45) is 4.38. The molecule has 0 fully saturated rings. The maximum Gasteiger partial charge on any atom is 0.291 e. The number of halogens is 1. The molecule has 28 heavy (non-hydrogen) atoms. The Hall–Kier alpha value is -2.70. The number of nitrogens with zero attached hydrogens (tertiary/aromatic N) is 3. The summed E-state index contributed by atoms with van der Waals surface area (Å²) in [5.41, 5.74) is 1.58. The smallest absolute Gasteiger partial charge is 0.291 e. The van der Waals surface area contributed by atoms with E-state index in [4.69, 9.17) is 0 Å². The van der Waals surface area contributed by atoms with Gasteiger partial charge in [-0.3, -0.25) is 9.59 Å². The Labute approximate surface area is 164 Å². The number of rotatable bonds is 7. The van der Waals surface area contributed by atoms with Crippen LogP contribution in [-0.4, -0.2) is 39.4 Å². The molecule has 2 heterocycles. The molecule has 2 amide bonds. The van der Waals surface area contributed by atoms with E-state index >= 15 is 0 Å². The molecule has 6 nitrogen and oxygen atoms in total. The minimum atomic E-state index is -0.426. The van der Waals surface area contributed by atoms with Crippen molar-refractivity contribution in [3.05, 3.63) is 47.3 Å². The van der Waals surface area contributed by atoms with Gasteiger partial charge in [-0.05, 0) is 50.3 Å². The molecule has 3 rings (SSSR count). The summed E-state index contributed by atoms with van der Waals surface area (Å²) < 4.78 is 15.3. The molecule has 1 aliphatic rings. The van der Waals surface area contributed by atoms with E-state index in [9.17, 15) is 14.0 Å². The summed E-state index contributed by atoms with van der Waals surface area (Å²) in [6.45, 7) is 6.07. The maximum absolute atomic E-state index is 13.4. The van der Waals surface area contributed by atoms with Gasteiger partial charge in [0.05, 0.1) is 5.69 Å². The van der Waals surface area contributed by atoms with Gasteiger partial charge >= 0.3 is 0 Å². The highest BCUT2D eigenvalue weighted by Crippen LogP contribution is 2.23. The zero-order valence-corrected chi connectivity index (χ0v) is 16.5. The van der Waals surface area contributed by atoms with Crippen molar-refractivity contribution in [1.82, 2.24) is 14.5 Å². The van der Waals surface area contributed by atoms with Crippen LogP contribution in [0.15, 0.2) is 24.3 Å². The van der Waals surface area contributed by atoms with Crippen LogP contribution in [0.3, 0.4) is 0 Å². The Morgan fingerprint density at radius 2 is 1.96 bits per heavy atom. The number of amides is 2. The number of nitrogens with one attached hydrogen (secondary N) is 1. The number of benzene rings is 1. The number of carbonyl (C=O) groups excluding carboxylic acids is 2. The molecule has 7 heteroatoms. The van der Waals surface area contributed by atoms with Crippen molar-refractivity contribution in [2.24, 2.45) is 0 Å². The first-order valence-electron chi connectivity index (χ1n) is 10.0. The van der Waals surface area contributed by atoms with Gasteiger partial charge in [0.25, 0.3) is 11.8 Å². The molecule has 0 unspecified atom stereocenters. The van der Waals surface area contributed by atoms with Gasteiger partial charge in [-0.15, -0.1) is 0 Å². The van der Waals surface area contributed by atoms with E-state index in [2.05, 4.69) is 10.3 Å². The molecule has 1 aromatic heterocycles. The summed E-state index contributed by atoms with van der Waals surface area (Å²) in [5, 5.41) is 2.69. The number of carbonyl (C=O) groups is 2. The summed E-state index contributed by atoms with van der Waals surface area (Å²) in [5.74, 6) is -0.742. The number of hydrogen-bond acceptors (Lipinski definition) is 3. The van der Waals surface area contributed by atoms with Crippen molar-refractivity contribution < 1.29 is 14.0 Å². The van der Waals surface area contributed by atoms with Gasteiger partial charge in [-0.25, -0.2) is 9.37 Å². The van der Waals surface area contributed by atoms with E-state index < -0.39 is 11.7 Å². The van der Waals surface area contributed by atoms with Gasteiger partial charge in [0.15, 0.2) is 5.82 Å². The highest BCUT2D eigenvalue weighted by atomic mass is 19.1. The number of fused-ring (bicyclic) bond motifs is 1. The molecule has 2 aromatic rings. The summed E-state index contributed by atoms with van der Waals surface area (Å²) in [7, 11) is 0. The van der Waals surface area contributed by atoms with Crippen molar-refractivity contribution in [1.29, 1.82) is 0 Å². The third-order valence-electron chi connectivity index (χ3n) is 4.88. The molecule has 1 aromatic carbocycles. The minimum Gasteiger partial charge on any atom is -0.337 e. The van der Waals surface area contributed by atoms with Gasteiger partial charge in [0.1, 0.15) is 11.5 Å². The average molecular weight is 386 g/mol. The predicted octanol–water partition coefficient (Wildman–Crippen LogP) is 3.87. The first-order valence-corrected chi connectivity index (χ1v) is 10.0. The van der Waals surface area contributed by atoms with Crippen LogP contribution in [0.1, 0.15) is 66.3 Å². The van der Waals surface area contributed by atoms with E-state index in [1.807, 2.05) is 23.3 Å². The van der Waals surface area contributed by atoms with Gasteiger partial charge in [0, 0.05) is 25.3 Å². The lowest BCUT2D eigenvalue weighted by atomic mass is 10.1. The van der Waals surface area contributed by atoms with Crippen LogP contribution in [0.2, 0.25) is 0 Å². The fraction of sp³-hybridized carbons (Fsp3) is 0.476. The molecular formula is C21H27FN4O2. The Morgan fingerprint density at radius 3 is 2.64 bits per heavy atom. The van der Waals surface area contributed by atoms with Crippen LogP contribution in [0.5, 0.6) is 0 Å².